The normalized spacial score (nSPS) is 13.2. The van der Waals surface area contributed by atoms with Crippen molar-refractivity contribution in [2.45, 2.75) is 25.3 Å². The van der Waals surface area contributed by atoms with Crippen molar-refractivity contribution in [2.75, 3.05) is 25.2 Å². The second kappa shape index (κ2) is 7.85. The van der Waals surface area contributed by atoms with Crippen molar-refractivity contribution in [2.24, 2.45) is 0 Å². The van der Waals surface area contributed by atoms with Gasteiger partial charge in [-0.2, -0.15) is 4.31 Å². The van der Waals surface area contributed by atoms with Gasteiger partial charge in [-0.15, -0.1) is 0 Å². The van der Waals surface area contributed by atoms with E-state index in [2.05, 4.69) is 21.2 Å². The Bertz CT molecular complexity index is 881. The zero-order valence-electron chi connectivity index (χ0n) is 14.7. The quantitative estimate of drug-likeness (QED) is 0.708. The first-order valence-electron chi connectivity index (χ1n) is 8.37. The zero-order valence-corrected chi connectivity index (χ0v) is 17.1. The fourth-order valence-electron chi connectivity index (χ4n) is 2.75. The molecule has 0 amide bonds. The lowest BCUT2D eigenvalue weighted by atomic mass is 10.2. The molecule has 2 aromatic rings. The van der Waals surface area contributed by atoms with Crippen LogP contribution in [0.4, 0.5) is 5.69 Å². The summed E-state index contributed by atoms with van der Waals surface area (Å²) in [6.45, 7) is 5.38. The third-order valence-corrected chi connectivity index (χ3v) is 7.02. The lowest BCUT2D eigenvalue weighted by molar-refractivity contribution is 0.174. The van der Waals surface area contributed by atoms with Crippen LogP contribution in [0, 0.1) is 0 Å². The van der Waals surface area contributed by atoms with Gasteiger partial charge in [0.05, 0.1) is 4.90 Å². The summed E-state index contributed by atoms with van der Waals surface area (Å²) in [5, 5.41) is 3.29. The molecule has 8 heteroatoms. The Kier molecular flexibility index (Phi) is 5.74. The minimum absolute atomic E-state index is 0.237. The highest BCUT2D eigenvalue weighted by Gasteiger charge is 2.21. The summed E-state index contributed by atoms with van der Waals surface area (Å²) in [5.41, 5.74) is 1.86. The minimum atomic E-state index is -3.43. The number of fused-ring (bicyclic) bond motifs is 1. The van der Waals surface area contributed by atoms with E-state index in [1.54, 1.807) is 24.3 Å². The van der Waals surface area contributed by atoms with Crippen LogP contribution in [0.3, 0.4) is 0 Å². The average Bonchev–Trinajstić information content (AvgIpc) is 3.08. The van der Waals surface area contributed by atoms with Gasteiger partial charge in [-0.25, -0.2) is 8.42 Å². The molecule has 0 bridgehead atoms. The molecule has 0 saturated carbocycles. The molecular formula is C18H21BrN2O4S. The van der Waals surface area contributed by atoms with Gasteiger partial charge in [-0.05, 0) is 42.0 Å². The lowest BCUT2D eigenvalue weighted by Crippen LogP contribution is -2.30. The second-order valence-corrected chi connectivity index (χ2v) is 8.56. The highest BCUT2D eigenvalue weighted by Crippen LogP contribution is 2.37. The van der Waals surface area contributed by atoms with Gasteiger partial charge >= 0.3 is 0 Å². The van der Waals surface area contributed by atoms with E-state index in [1.165, 1.54) is 4.31 Å². The van der Waals surface area contributed by atoms with Crippen molar-refractivity contribution in [1.82, 2.24) is 4.31 Å². The molecule has 1 N–H and O–H groups in total. The average molecular weight is 441 g/mol. The third-order valence-electron chi connectivity index (χ3n) is 4.22. The molecule has 0 radical (unpaired) electrons. The molecule has 1 aliphatic heterocycles. The predicted molar refractivity (Wildman–Crippen MR) is 104 cm³/mol. The van der Waals surface area contributed by atoms with Gasteiger partial charge in [0, 0.05) is 29.8 Å². The van der Waals surface area contributed by atoms with Crippen molar-refractivity contribution in [3.63, 3.8) is 0 Å². The molecule has 0 atom stereocenters. The monoisotopic (exact) mass is 440 g/mol. The standard InChI is InChI=1S/C18H21BrN2O4S/c1-3-21(4-2)26(22,23)15-7-5-14(6-8-15)20-11-13-9-17-18(10-16(13)19)25-12-24-17/h5-10,20H,3-4,11-12H2,1-2H3. The molecule has 0 fully saturated rings. The maximum Gasteiger partial charge on any atom is 0.243 e. The fraction of sp³-hybridized carbons (Fsp3) is 0.333. The number of hydrogen-bond donors (Lipinski definition) is 1. The molecule has 0 spiro atoms. The van der Waals surface area contributed by atoms with Gasteiger partial charge in [0.2, 0.25) is 16.8 Å². The smallest absolute Gasteiger partial charge is 0.243 e. The first-order chi connectivity index (χ1) is 12.5. The Labute approximate surface area is 162 Å². The van der Waals surface area contributed by atoms with Crippen molar-refractivity contribution in [3.8, 4) is 11.5 Å². The van der Waals surface area contributed by atoms with E-state index in [0.717, 1.165) is 27.2 Å². The minimum Gasteiger partial charge on any atom is -0.454 e. The number of anilines is 1. The Balaban J connectivity index is 1.71. The van der Waals surface area contributed by atoms with E-state index in [4.69, 9.17) is 9.47 Å². The van der Waals surface area contributed by atoms with Crippen LogP contribution in [-0.4, -0.2) is 32.6 Å². The van der Waals surface area contributed by atoms with Crippen LogP contribution in [0.1, 0.15) is 19.4 Å². The molecule has 140 valence electrons. The van der Waals surface area contributed by atoms with Gasteiger partial charge in [-0.1, -0.05) is 29.8 Å². The van der Waals surface area contributed by atoms with Crippen LogP contribution in [0.5, 0.6) is 11.5 Å². The van der Waals surface area contributed by atoms with Crippen LogP contribution in [0.15, 0.2) is 45.8 Å². The highest BCUT2D eigenvalue weighted by atomic mass is 79.9. The Morgan fingerprint density at radius 3 is 2.31 bits per heavy atom. The molecule has 1 heterocycles. The number of nitrogens with zero attached hydrogens (tertiary/aromatic N) is 1. The van der Waals surface area contributed by atoms with E-state index >= 15 is 0 Å². The summed E-state index contributed by atoms with van der Waals surface area (Å²) in [6.07, 6.45) is 0. The molecule has 2 aromatic carbocycles. The summed E-state index contributed by atoms with van der Waals surface area (Å²) in [7, 11) is -3.43. The third kappa shape index (κ3) is 3.82. The van der Waals surface area contributed by atoms with Crippen LogP contribution < -0.4 is 14.8 Å². The SMILES string of the molecule is CCN(CC)S(=O)(=O)c1ccc(NCc2cc3c(cc2Br)OCO3)cc1. The number of hydrogen-bond acceptors (Lipinski definition) is 5. The number of ether oxygens (including phenoxy) is 2. The molecule has 3 rings (SSSR count). The lowest BCUT2D eigenvalue weighted by Gasteiger charge is -2.18. The fourth-order valence-corrected chi connectivity index (χ4v) is 4.67. The summed E-state index contributed by atoms with van der Waals surface area (Å²) in [6, 6.07) is 10.6. The molecule has 0 saturated heterocycles. The molecular weight excluding hydrogens is 420 g/mol. The van der Waals surface area contributed by atoms with E-state index in [-0.39, 0.29) is 6.79 Å². The highest BCUT2D eigenvalue weighted by molar-refractivity contribution is 9.10. The molecule has 26 heavy (non-hydrogen) atoms. The number of rotatable bonds is 7. The van der Waals surface area contributed by atoms with Crippen LogP contribution in [0.25, 0.3) is 0 Å². The number of sulfonamides is 1. The van der Waals surface area contributed by atoms with E-state index < -0.39 is 10.0 Å². The van der Waals surface area contributed by atoms with Gasteiger partial charge in [0.1, 0.15) is 0 Å². The van der Waals surface area contributed by atoms with Gasteiger partial charge in [0.15, 0.2) is 11.5 Å². The van der Waals surface area contributed by atoms with Crippen LogP contribution >= 0.6 is 15.9 Å². The zero-order chi connectivity index (χ0) is 18.7. The maximum atomic E-state index is 12.5. The summed E-state index contributed by atoms with van der Waals surface area (Å²) in [4.78, 5) is 0.302. The Morgan fingerprint density at radius 1 is 1.08 bits per heavy atom. The summed E-state index contributed by atoms with van der Waals surface area (Å²) >= 11 is 3.53. The van der Waals surface area contributed by atoms with E-state index in [0.29, 0.717) is 24.5 Å². The van der Waals surface area contributed by atoms with Crippen molar-refractivity contribution in [3.05, 3.63) is 46.4 Å². The first kappa shape index (κ1) is 19.0. The molecule has 0 unspecified atom stereocenters. The molecule has 6 nitrogen and oxygen atoms in total. The number of halogens is 1. The topological polar surface area (TPSA) is 67.9 Å². The number of nitrogens with one attached hydrogen (secondary N) is 1. The Morgan fingerprint density at radius 2 is 1.69 bits per heavy atom. The van der Waals surface area contributed by atoms with Crippen LogP contribution in [-0.2, 0) is 16.6 Å². The number of benzene rings is 2. The van der Waals surface area contributed by atoms with Crippen molar-refractivity contribution < 1.29 is 17.9 Å². The van der Waals surface area contributed by atoms with Crippen LogP contribution in [0.2, 0.25) is 0 Å². The second-order valence-electron chi connectivity index (χ2n) is 5.76. The van der Waals surface area contributed by atoms with Gasteiger partial charge in [0.25, 0.3) is 0 Å². The van der Waals surface area contributed by atoms with Crippen molar-refractivity contribution in [1.29, 1.82) is 0 Å². The summed E-state index contributed by atoms with van der Waals surface area (Å²) in [5.74, 6) is 1.46. The molecule has 0 aliphatic carbocycles. The predicted octanol–water partition coefficient (Wildman–Crippen LogP) is 3.82. The van der Waals surface area contributed by atoms with E-state index in [1.807, 2.05) is 26.0 Å². The largest absolute Gasteiger partial charge is 0.454 e. The van der Waals surface area contributed by atoms with Crippen molar-refractivity contribution >= 4 is 31.6 Å². The van der Waals surface area contributed by atoms with Gasteiger partial charge < -0.3 is 14.8 Å². The summed E-state index contributed by atoms with van der Waals surface area (Å²) < 4.78 is 38.1. The van der Waals surface area contributed by atoms with Gasteiger partial charge in [-0.3, -0.25) is 0 Å². The van der Waals surface area contributed by atoms with E-state index in [9.17, 15) is 8.42 Å². The molecule has 1 aliphatic rings. The Hall–Kier alpha value is -1.77. The first-order valence-corrected chi connectivity index (χ1v) is 10.6. The molecule has 0 aromatic heterocycles. The maximum absolute atomic E-state index is 12.5.